The third-order valence-electron chi connectivity index (χ3n) is 4.61. The number of benzene rings is 1. The fraction of sp³-hybridized carbons (Fsp3) is 0.625. The third kappa shape index (κ3) is 2.14. The highest BCUT2D eigenvalue weighted by Gasteiger charge is 2.32. The second-order valence-corrected chi connectivity index (χ2v) is 5.60. The van der Waals surface area contributed by atoms with E-state index in [2.05, 4.69) is 23.7 Å². The van der Waals surface area contributed by atoms with Crippen molar-refractivity contribution in [2.24, 2.45) is 5.92 Å². The second-order valence-electron chi connectivity index (χ2n) is 5.60. The Hall–Kier alpha value is -1.02. The van der Waals surface area contributed by atoms with Gasteiger partial charge in [-0.05, 0) is 61.6 Å². The molecule has 1 aromatic carbocycles. The maximum absolute atomic E-state index is 5.37. The SMILES string of the molecule is CCONc1cccc2c1CCC1CCCCC21. The van der Waals surface area contributed by atoms with Crippen molar-refractivity contribution in [2.45, 2.75) is 51.4 Å². The zero-order chi connectivity index (χ0) is 12.4. The molecular weight excluding hydrogens is 222 g/mol. The van der Waals surface area contributed by atoms with Crippen LogP contribution < -0.4 is 5.48 Å². The van der Waals surface area contributed by atoms with Gasteiger partial charge in [0.15, 0.2) is 0 Å². The van der Waals surface area contributed by atoms with Crippen molar-refractivity contribution in [1.82, 2.24) is 0 Å². The molecule has 0 bridgehead atoms. The van der Waals surface area contributed by atoms with E-state index in [1.165, 1.54) is 49.8 Å². The van der Waals surface area contributed by atoms with E-state index in [0.29, 0.717) is 6.61 Å². The minimum atomic E-state index is 0.704. The summed E-state index contributed by atoms with van der Waals surface area (Å²) in [7, 11) is 0. The van der Waals surface area contributed by atoms with Gasteiger partial charge in [0.1, 0.15) is 0 Å². The van der Waals surface area contributed by atoms with Crippen LogP contribution in [0.2, 0.25) is 0 Å². The molecule has 0 spiro atoms. The molecule has 18 heavy (non-hydrogen) atoms. The van der Waals surface area contributed by atoms with Crippen molar-refractivity contribution in [2.75, 3.05) is 12.1 Å². The average Bonchev–Trinajstić information content (AvgIpc) is 2.44. The first kappa shape index (κ1) is 12.0. The fourth-order valence-electron chi connectivity index (χ4n) is 3.77. The van der Waals surface area contributed by atoms with Crippen LogP contribution in [0.4, 0.5) is 5.69 Å². The van der Waals surface area contributed by atoms with Crippen molar-refractivity contribution in [1.29, 1.82) is 0 Å². The Kier molecular flexibility index (Phi) is 3.55. The van der Waals surface area contributed by atoms with Crippen molar-refractivity contribution >= 4 is 5.69 Å². The molecule has 1 fully saturated rings. The molecule has 1 saturated carbocycles. The lowest BCUT2D eigenvalue weighted by atomic mass is 9.68. The first-order chi connectivity index (χ1) is 8.90. The summed E-state index contributed by atoms with van der Waals surface area (Å²) in [4.78, 5) is 5.37. The molecule has 1 aromatic rings. The number of fused-ring (bicyclic) bond motifs is 3. The lowest BCUT2D eigenvalue weighted by Crippen LogP contribution is -2.24. The topological polar surface area (TPSA) is 21.3 Å². The zero-order valence-corrected chi connectivity index (χ0v) is 11.2. The molecule has 0 amide bonds. The van der Waals surface area contributed by atoms with E-state index in [0.717, 1.165) is 11.8 Å². The molecule has 0 aromatic heterocycles. The van der Waals surface area contributed by atoms with Gasteiger partial charge in [0.25, 0.3) is 0 Å². The molecule has 0 aliphatic heterocycles. The van der Waals surface area contributed by atoms with Crippen LogP contribution >= 0.6 is 0 Å². The number of hydrogen-bond donors (Lipinski definition) is 1. The average molecular weight is 245 g/mol. The van der Waals surface area contributed by atoms with E-state index in [1.54, 1.807) is 5.56 Å². The van der Waals surface area contributed by atoms with Crippen LogP contribution in [0.15, 0.2) is 18.2 Å². The van der Waals surface area contributed by atoms with Gasteiger partial charge in [-0.25, -0.2) is 0 Å². The summed E-state index contributed by atoms with van der Waals surface area (Å²) in [6.07, 6.45) is 8.25. The largest absolute Gasteiger partial charge is 0.276 e. The Bertz CT molecular complexity index is 416. The lowest BCUT2D eigenvalue weighted by Gasteiger charge is -2.38. The monoisotopic (exact) mass is 245 g/mol. The predicted molar refractivity (Wildman–Crippen MR) is 74.7 cm³/mol. The van der Waals surface area contributed by atoms with Crippen molar-refractivity contribution in [3.05, 3.63) is 29.3 Å². The van der Waals surface area contributed by atoms with Crippen LogP contribution in [0, 0.1) is 5.92 Å². The van der Waals surface area contributed by atoms with E-state index < -0.39 is 0 Å². The van der Waals surface area contributed by atoms with Crippen molar-refractivity contribution in [3.8, 4) is 0 Å². The van der Waals surface area contributed by atoms with Crippen LogP contribution in [-0.2, 0) is 11.3 Å². The Balaban J connectivity index is 1.89. The minimum Gasteiger partial charge on any atom is -0.276 e. The summed E-state index contributed by atoms with van der Waals surface area (Å²) in [5.74, 6) is 1.75. The molecule has 0 radical (unpaired) electrons. The first-order valence-electron chi connectivity index (χ1n) is 7.39. The second kappa shape index (κ2) is 5.31. The fourth-order valence-corrected chi connectivity index (χ4v) is 3.77. The quantitative estimate of drug-likeness (QED) is 0.803. The molecular formula is C16H23NO. The summed E-state index contributed by atoms with van der Waals surface area (Å²) in [6.45, 7) is 2.72. The van der Waals surface area contributed by atoms with Crippen LogP contribution in [0.3, 0.4) is 0 Å². The smallest absolute Gasteiger partial charge is 0.0717 e. The van der Waals surface area contributed by atoms with Crippen LogP contribution in [-0.4, -0.2) is 6.61 Å². The number of rotatable bonds is 3. The van der Waals surface area contributed by atoms with E-state index in [4.69, 9.17) is 4.84 Å². The zero-order valence-electron chi connectivity index (χ0n) is 11.2. The van der Waals surface area contributed by atoms with Crippen molar-refractivity contribution < 1.29 is 4.84 Å². The van der Waals surface area contributed by atoms with Gasteiger partial charge < -0.3 is 0 Å². The molecule has 2 aliphatic rings. The summed E-state index contributed by atoms with van der Waals surface area (Å²) < 4.78 is 0. The molecule has 2 unspecified atom stereocenters. The predicted octanol–water partition coefficient (Wildman–Crippen LogP) is 4.27. The van der Waals surface area contributed by atoms with Gasteiger partial charge in [-0.15, -0.1) is 0 Å². The molecule has 2 nitrogen and oxygen atoms in total. The Labute approximate surface area is 110 Å². The van der Waals surface area contributed by atoms with Crippen LogP contribution in [0.1, 0.15) is 56.1 Å². The molecule has 98 valence electrons. The van der Waals surface area contributed by atoms with Gasteiger partial charge in [-0.1, -0.05) is 25.0 Å². The van der Waals surface area contributed by atoms with Crippen molar-refractivity contribution in [3.63, 3.8) is 0 Å². The molecule has 2 heteroatoms. The van der Waals surface area contributed by atoms with Crippen LogP contribution in [0.5, 0.6) is 0 Å². The Morgan fingerprint density at radius 2 is 2.11 bits per heavy atom. The molecule has 0 saturated heterocycles. The standard InChI is InChI=1S/C16H23NO/c1-2-18-17-16-9-5-8-14-13-7-4-3-6-12(13)10-11-15(14)16/h5,8-9,12-13,17H,2-4,6-7,10-11H2,1H3. The highest BCUT2D eigenvalue weighted by molar-refractivity contribution is 5.55. The van der Waals surface area contributed by atoms with E-state index in [9.17, 15) is 0 Å². The molecule has 1 N–H and O–H groups in total. The Morgan fingerprint density at radius 3 is 3.00 bits per heavy atom. The summed E-state index contributed by atoms with van der Waals surface area (Å²) in [6, 6.07) is 6.67. The molecule has 2 aliphatic carbocycles. The van der Waals surface area contributed by atoms with Gasteiger partial charge in [0, 0.05) is 0 Å². The summed E-state index contributed by atoms with van der Waals surface area (Å²) in [5.41, 5.74) is 7.41. The van der Waals surface area contributed by atoms with Gasteiger partial charge >= 0.3 is 0 Å². The van der Waals surface area contributed by atoms with Gasteiger partial charge in [0.2, 0.25) is 0 Å². The third-order valence-corrected chi connectivity index (χ3v) is 4.61. The van der Waals surface area contributed by atoms with E-state index in [-0.39, 0.29) is 0 Å². The molecule has 2 atom stereocenters. The number of nitrogens with one attached hydrogen (secondary N) is 1. The number of anilines is 1. The maximum Gasteiger partial charge on any atom is 0.0717 e. The highest BCUT2D eigenvalue weighted by Crippen LogP contribution is 2.46. The van der Waals surface area contributed by atoms with Crippen LogP contribution in [0.25, 0.3) is 0 Å². The lowest BCUT2D eigenvalue weighted by molar-refractivity contribution is 0.209. The molecule has 0 heterocycles. The maximum atomic E-state index is 5.37. The van der Waals surface area contributed by atoms with Gasteiger partial charge in [0.05, 0.1) is 12.3 Å². The minimum absolute atomic E-state index is 0.704. The Morgan fingerprint density at radius 1 is 1.22 bits per heavy atom. The van der Waals surface area contributed by atoms with Gasteiger partial charge in [-0.3, -0.25) is 10.3 Å². The molecule has 3 rings (SSSR count). The van der Waals surface area contributed by atoms with Gasteiger partial charge in [-0.2, -0.15) is 0 Å². The first-order valence-corrected chi connectivity index (χ1v) is 7.39. The summed E-state index contributed by atoms with van der Waals surface area (Å²) in [5, 5.41) is 0. The summed E-state index contributed by atoms with van der Waals surface area (Å²) >= 11 is 0. The highest BCUT2D eigenvalue weighted by atomic mass is 16.6. The number of hydrogen-bond acceptors (Lipinski definition) is 2. The van der Waals surface area contributed by atoms with E-state index >= 15 is 0 Å². The van der Waals surface area contributed by atoms with E-state index in [1.807, 2.05) is 6.92 Å². The normalized spacial score (nSPS) is 26.3.